The fourth-order valence-electron chi connectivity index (χ4n) is 4.51. The van der Waals surface area contributed by atoms with Crippen LogP contribution in [0.15, 0.2) is 48.7 Å². The smallest absolute Gasteiger partial charge is 0.320 e. The van der Waals surface area contributed by atoms with Gasteiger partial charge in [0.2, 0.25) is 5.91 Å². The molecule has 3 amide bonds. The van der Waals surface area contributed by atoms with Crippen LogP contribution in [0.25, 0.3) is 0 Å². The van der Waals surface area contributed by atoms with E-state index in [1.165, 1.54) is 24.1 Å². The second-order valence-electron chi connectivity index (χ2n) is 9.06. The van der Waals surface area contributed by atoms with Crippen LogP contribution in [0.4, 0.5) is 16.3 Å². The van der Waals surface area contributed by atoms with Crippen molar-refractivity contribution >= 4 is 23.4 Å². The number of nitrogens with two attached hydrogens (primary N) is 1. The number of primary amides is 1. The van der Waals surface area contributed by atoms with Gasteiger partial charge in [0.1, 0.15) is 5.82 Å². The van der Waals surface area contributed by atoms with E-state index in [9.17, 15) is 9.59 Å². The fourth-order valence-corrected chi connectivity index (χ4v) is 4.51. The summed E-state index contributed by atoms with van der Waals surface area (Å²) in [5, 5.41) is 0. The molecule has 0 unspecified atom stereocenters. The highest BCUT2D eigenvalue weighted by atomic mass is 16.2. The lowest BCUT2D eigenvalue weighted by Crippen LogP contribution is -2.53. The number of hydrogen-bond donors (Lipinski definition) is 1. The average molecular weight is 420 g/mol. The van der Waals surface area contributed by atoms with Crippen molar-refractivity contribution < 1.29 is 9.59 Å². The van der Waals surface area contributed by atoms with Crippen LogP contribution >= 0.6 is 0 Å². The molecule has 2 N–H and O–H groups in total. The fraction of sp³-hybridized carbons (Fsp3) is 0.458. The summed E-state index contributed by atoms with van der Waals surface area (Å²) in [6, 6.07) is 14.7. The Bertz CT molecular complexity index is 938. The molecule has 3 heterocycles. The molecule has 31 heavy (non-hydrogen) atoms. The standard InChI is InChI=1S/C24H29N5O2/c25-23(30)19-10-11-27(14-19)24(31)28-15-20(16-28)18-8-9-22(26-12-18)29(13-17-6-7-17)21-4-2-1-3-5-21/h1-5,8-9,12,17,19-20H,6-7,10-11,13-16H2,(H2,25,30)/t19-/m1/s1. The number of rotatable bonds is 6. The number of likely N-dealkylation sites (tertiary alicyclic amines) is 2. The summed E-state index contributed by atoms with van der Waals surface area (Å²) in [4.78, 5) is 34.7. The third-order valence-corrected chi connectivity index (χ3v) is 6.74. The van der Waals surface area contributed by atoms with Gasteiger partial charge in [0.25, 0.3) is 0 Å². The highest BCUT2D eigenvalue weighted by Crippen LogP contribution is 2.35. The minimum Gasteiger partial charge on any atom is -0.369 e. The first-order valence-corrected chi connectivity index (χ1v) is 11.2. The van der Waals surface area contributed by atoms with Crippen molar-refractivity contribution in [2.24, 2.45) is 17.6 Å². The Morgan fingerprint density at radius 1 is 1.00 bits per heavy atom. The van der Waals surface area contributed by atoms with Crippen molar-refractivity contribution in [3.05, 3.63) is 54.2 Å². The Hall–Kier alpha value is -3.09. The van der Waals surface area contributed by atoms with E-state index in [1.54, 1.807) is 4.90 Å². The maximum atomic E-state index is 12.7. The number of amides is 3. The van der Waals surface area contributed by atoms with Crippen molar-refractivity contribution in [3.8, 4) is 0 Å². The van der Waals surface area contributed by atoms with E-state index >= 15 is 0 Å². The molecule has 2 aromatic rings. The van der Waals surface area contributed by atoms with Crippen molar-refractivity contribution in [3.63, 3.8) is 0 Å². The van der Waals surface area contributed by atoms with Crippen LogP contribution < -0.4 is 10.6 Å². The highest BCUT2D eigenvalue weighted by molar-refractivity contribution is 5.80. The van der Waals surface area contributed by atoms with Gasteiger partial charge in [0, 0.05) is 50.5 Å². The molecule has 1 aromatic heterocycles. The lowest BCUT2D eigenvalue weighted by molar-refractivity contribution is -0.121. The van der Waals surface area contributed by atoms with Gasteiger partial charge in [-0.05, 0) is 48.9 Å². The summed E-state index contributed by atoms with van der Waals surface area (Å²) in [5.74, 6) is 1.53. The normalized spacial score (nSPS) is 21.1. The summed E-state index contributed by atoms with van der Waals surface area (Å²) in [5.41, 5.74) is 7.73. The molecule has 2 saturated heterocycles. The van der Waals surface area contributed by atoms with Crippen LogP contribution in [0.5, 0.6) is 0 Å². The summed E-state index contributed by atoms with van der Waals surface area (Å²) >= 11 is 0. The molecular weight excluding hydrogens is 390 g/mol. The zero-order valence-electron chi connectivity index (χ0n) is 17.7. The zero-order chi connectivity index (χ0) is 21.4. The van der Waals surface area contributed by atoms with Crippen molar-refractivity contribution in [1.82, 2.24) is 14.8 Å². The second kappa shape index (κ2) is 8.21. The predicted octanol–water partition coefficient (Wildman–Crippen LogP) is 2.96. The SMILES string of the molecule is NC(=O)[C@@H]1CCN(C(=O)N2CC(c3ccc(N(CC4CC4)c4ccccc4)nc3)C2)C1. The number of carbonyl (C=O) groups is 2. The molecule has 0 bridgehead atoms. The number of aromatic nitrogens is 1. The summed E-state index contributed by atoms with van der Waals surface area (Å²) in [6.45, 7) is 3.45. The zero-order valence-corrected chi connectivity index (χ0v) is 17.7. The minimum atomic E-state index is -0.311. The van der Waals surface area contributed by atoms with Crippen LogP contribution in [0.2, 0.25) is 0 Å². The third-order valence-electron chi connectivity index (χ3n) is 6.74. The van der Waals surface area contributed by atoms with Gasteiger partial charge in [-0.25, -0.2) is 9.78 Å². The molecule has 0 spiro atoms. The summed E-state index contributed by atoms with van der Waals surface area (Å²) < 4.78 is 0. The van der Waals surface area contributed by atoms with Crippen molar-refractivity contribution in [1.29, 1.82) is 0 Å². The first kappa shape index (κ1) is 19.8. The van der Waals surface area contributed by atoms with Crippen molar-refractivity contribution in [2.45, 2.75) is 25.2 Å². The van der Waals surface area contributed by atoms with Crippen LogP contribution in [-0.4, -0.2) is 59.4 Å². The summed E-state index contributed by atoms with van der Waals surface area (Å²) in [7, 11) is 0. The quantitative estimate of drug-likeness (QED) is 0.780. The van der Waals surface area contributed by atoms with Crippen LogP contribution in [0.1, 0.15) is 30.7 Å². The number of anilines is 2. The Kier molecular flexibility index (Phi) is 5.26. The molecule has 3 fully saturated rings. The number of hydrogen-bond acceptors (Lipinski definition) is 4. The molecule has 3 aliphatic rings. The Morgan fingerprint density at radius 3 is 2.39 bits per heavy atom. The number of para-hydroxylation sites is 1. The Morgan fingerprint density at radius 2 is 1.77 bits per heavy atom. The van der Waals surface area contributed by atoms with Gasteiger partial charge in [0.05, 0.1) is 5.92 Å². The van der Waals surface area contributed by atoms with Gasteiger partial charge in [-0.15, -0.1) is 0 Å². The molecule has 1 atom stereocenters. The van der Waals surface area contributed by atoms with E-state index < -0.39 is 0 Å². The molecule has 7 heteroatoms. The monoisotopic (exact) mass is 419 g/mol. The van der Waals surface area contributed by atoms with Gasteiger partial charge in [-0.2, -0.15) is 0 Å². The molecule has 7 nitrogen and oxygen atoms in total. The molecule has 1 aromatic carbocycles. The highest BCUT2D eigenvalue weighted by Gasteiger charge is 2.38. The number of urea groups is 1. The van der Waals surface area contributed by atoms with E-state index in [2.05, 4.69) is 41.3 Å². The van der Waals surface area contributed by atoms with Gasteiger partial charge in [0.15, 0.2) is 0 Å². The number of carbonyl (C=O) groups excluding carboxylic acids is 2. The van der Waals surface area contributed by atoms with E-state index in [4.69, 9.17) is 10.7 Å². The molecular formula is C24H29N5O2. The second-order valence-corrected chi connectivity index (χ2v) is 9.06. The molecule has 5 rings (SSSR count). The van der Waals surface area contributed by atoms with E-state index in [1.807, 2.05) is 17.2 Å². The first-order chi connectivity index (χ1) is 15.1. The van der Waals surface area contributed by atoms with E-state index in [-0.39, 0.29) is 17.9 Å². The number of pyridine rings is 1. The Labute approximate surface area is 182 Å². The molecule has 162 valence electrons. The largest absolute Gasteiger partial charge is 0.369 e. The predicted molar refractivity (Wildman–Crippen MR) is 119 cm³/mol. The van der Waals surface area contributed by atoms with Crippen molar-refractivity contribution in [2.75, 3.05) is 37.6 Å². The minimum absolute atomic E-state index is 0.0178. The molecule has 1 aliphatic carbocycles. The Balaban J connectivity index is 1.20. The van der Waals surface area contributed by atoms with E-state index in [0.29, 0.717) is 38.5 Å². The molecule has 0 radical (unpaired) electrons. The van der Waals surface area contributed by atoms with Gasteiger partial charge >= 0.3 is 6.03 Å². The lowest BCUT2D eigenvalue weighted by Gasteiger charge is -2.41. The van der Waals surface area contributed by atoms with Crippen LogP contribution in [0, 0.1) is 11.8 Å². The number of benzene rings is 1. The average Bonchev–Trinajstić information content (AvgIpc) is 3.43. The first-order valence-electron chi connectivity index (χ1n) is 11.2. The topological polar surface area (TPSA) is 82.8 Å². The van der Waals surface area contributed by atoms with Gasteiger partial charge in [-0.1, -0.05) is 24.3 Å². The van der Waals surface area contributed by atoms with Crippen LogP contribution in [0.3, 0.4) is 0 Å². The number of nitrogens with zero attached hydrogens (tertiary/aromatic N) is 4. The molecule has 1 saturated carbocycles. The lowest BCUT2D eigenvalue weighted by atomic mass is 9.93. The molecule has 2 aliphatic heterocycles. The maximum absolute atomic E-state index is 12.7. The van der Waals surface area contributed by atoms with Gasteiger partial charge < -0.3 is 20.4 Å². The summed E-state index contributed by atoms with van der Waals surface area (Å²) in [6.07, 6.45) is 5.22. The maximum Gasteiger partial charge on any atom is 0.320 e. The third kappa shape index (κ3) is 4.22. The van der Waals surface area contributed by atoms with Crippen LogP contribution in [-0.2, 0) is 4.79 Å². The van der Waals surface area contributed by atoms with Gasteiger partial charge in [-0.3, -0.25) is 4.79 Å². The van der Waals surface area contributed by atoms with E-state index in [0.717, 1.165) is 18.3 Å².